The first-order chi connectivity index (χ1) is 11.6. The van der Waals surface area contributed by atoms with E-state index in [4.69, 9.17) is 33.1 Å². The lowest BCUT2D eigenvalue weighted by Gasteiger charge is -2.12. The maximum atomic E-state index is 10.6. The van der Waals surface area contributed by atoms with E-state index in [2.05, 4.69) is 10.3 Å². The van der Waals surface area contributed by atoms with Crippen LogP contribution in [0.2, 0.25) is 0 Å². The number of nitrogens with two attached hydrogens (primary N) is 4. The Kier molecular flexibility index (Phi) is 15.1. The van der Waals surface area contributed by atoms with Crippen LogP contribution >= 0.6 is 0 Å². The van der Waals surface area contributed by atoms with Gasteiger partial charge in [0.2, 0.25) is 5.91 Å². The molecule has 0 aliphatic carbocycles. The van der Waals surface area contributed by atoms with Gasteiger partial charge in [0, 0.05) is 13.5 Å². The monoisotopic (exact) mass is 362 g/mol. The second-order valence-electron chi connectivity index (χ2n) is 5.27. The Hall–Kier alpha value is -2.40. The van der Waals surface area contributed by atoms with Crippen LogP contribution in [0.25, 0.3) is 0 Å². The molecule has 0 bridgehead atoms. The van der Waals surface area contributed by atoms with Gasteiger partial charge in [0.25, 0.3) is 0 Å². The Morgan fingerprint density at radius 2 is 1.64 bits per heavy atom. The summed E-state index contributed by atoms with van der Waals surface area (Å²) < 4.78 is 0. The van der Waals surface area contributed by atoms with Crippen molar-refractivity contribution in [1.29, 1.82) is 0 Å². The molecule has 0 aromatic rings. The van der Waals surface area contributed by atoms with Crippen LogP contribution in [0.15, 0.2) is 4.99 Å². The van der Waals surface area contributed by atoms with Gasteiger partial charge in [-0.15, -0.1) is 0 Å². The average Bonchev–Trinajstić information content (AvgIpc) is 2.50. The maximum Gasteiger partial charge on any atom is 0.326 e. The van der Waals surface area contributed by atoms with E-state index in [1.807, 2.05) is 0 Å². The Bertz CT molecular complexity index is 439. The largest absolute Gasteiger partial charge is 0.480 e. The summed E-state index contributed by atoms with van der Waals surface area (Å²) in [6.45, 7) is 2.27. The van der Waals surface area contributed by atoms with Crippen LogP contribution < -0.4 is 28.3 Å². The fourth-order valence-electron chi connectivity index (χ4n) is 1.64. The number of carboxylic acid groups (broad SMARTS) is 2. The normalized spacial score (nSPS) is 12.1. The quantitative estimate of drug-likeness (QED) is 0.124. The molecule has 0 aliphatic heterocycles. The van der Waals surface area contributed by atoms with E-state index in [0.29, 0.717) is 38.8 Å². The van der Waals surface area contributed by atoms with Crippen LogP contribution in [0, 0.1) is 0 Å². The number of nitrogens with zero attached hydrogens (tertiary/aromatic N) is 1. The molecule has 2 atom stereocenters. The zero-order valence-corrected chi connectivity index (χ0v) is 14.5. The zero-order valence-electron chi connectivity index (χ0n) is 14.5. The number of hydrogen-bond donors (Lipinski definition) is 7. The van der Waals surface area contributed by atoms with Crippen molar-refractivity contribution in [2.75, 3.05) is 13.1 Å². The van der Waals surface area contributed by atoms with Crippen molar-refractivity contribution in [1.82, 2.24) is 5.32 Å². The fourth-order valence-corrected chi connectivity index (χ4v) is 1.64. The molecule has 11 N–H and O–H groups in total. The number of aliphatic imine (C=N–C) groups is 1. The summed E-state index contributed by atoms with van der Waals surface area (Å²) in [5.41, 5.74) is 20.6. The minimum atomic E-state index is -1.00. The molecule has 11 nitrogen and oxygen atoms in total. The van der Waals surface area contributed by atoms with Crippen LogP contribution in [0.4, 0.5) is 0 Å². The van der Waals surface area contributed by atoms with E-state index in [-0.39, 0.29) is 11.9 Å². The van der Waals surface area contributed by atoms with Gasteiger partial charge in [-0.1, -0.05) is 0 Å². The number of guanidine groups is 1. The molecule has 2 unspecified atom stereocenters. The molecule has 0 radical (unpaired) electrons. The predicted molar refractivity (Wildman–Crippen MR) is 93.7 cm³/mol. The van der Waals surface area contributed by atoms with Gasteiger partial charge in [-0.3, -0.25) is 14.6 Å². The van der Waals surface area contributed by atoms with Crippen molar-refractivity contribution < 1.29 is 24.6 Å². The smallest absolute Gasteiger partial charge is 0.326 e. The van der Waals surface area contributed by atoms with Gasteiger partial charge >= 0.3 is 11.9 Å². The first-order valence-electron chi connectivity index (χ1n) is 7.85. The van der Waals surface area contributed by atoms with Gasteiger partial charge in [0.1, 0.15) is 12.1 Å². The van der Waals surface area contributed by atoms with Crippen LogP contribution in [-0.4, -0.2) is 59.2 Å². The van der Waals surface area contributed by atoms with Gasteiger partial charge in [0.05, 0.1) is 0 Å². The number of hydrogen-bond acceptors (Lipinski definition) is 6. The standard InChI is InChI=1S/C8H16N2O3.C6H14N4O2/c1-6(11)10-7(8(12)13)4-2-3-5-9;7-4(5(11)12)2-1-3-10-6(8)9/h7H,2-5,9H2,1H3,(H,10,11)(H,12,13);4H,1-3,7H2,(H,11,12)(H4,8,9,10). The van der Waals surface area contributed by atoms with Gasteiger partial charge in [0.15, 0.2) is 5.96 Å². The summed E-state index contributed by atoms with van der Waals surface area (Å²) in [6.07, 6.45) is 2.89. The van der Waals surface area contributed by atoms with Gasteiger partial charge in [-0.2, -0.15) is 0 Å². The SMILES string of the molecule is CC(=O)NC(CCCCN)C(=O)O.NC(N)=NCCCC(N)C(=O)O. The predicted octanol–water partition coefficient (Wildman–Crippen LogP) is -1.84. The molecular weight excluding hydrogens is 332 g/mol. The highest BCUT2D eigenvalue weighted by Crippen LogP contribution is 2.00. The van der Waals surface area contributed by atoms with Crippen molar-refractivity contribution >= 4 is 23.8 Å². The topological polar surface area (TPSA) is 220 Å². The zero-order chi connectivity index (χ0) is 19.8. The molecule has 0 aromatic heterocycles. The number of carbonyl (C=O) groups is 3. The van der Waals surface area contributed by atoms with Crippen LogP contribution in [0.5, 0.6) is 0 Å². The molecular formula is C14H30N6O5. The molecule has 0 fully saturated rings. The highest BCUT2D eigenvalue weighted by Gasteiger charge is 2.16. The number of aliphatic carboxylic acids is 2. The summed E-state index contributed by atoms with van der Waals surface area (Å²) >= 11 is 0. The van der Waals surface area contributed by atoms with Crippen molar-refractivity contribution in [2.45, 2.75) is 51.1 Å². The summed E-state index contributed by atoms with van der Waals surface area (Å²) in [4.78, 5) is 35.1. The Balaban J connectivity index is 0. The number of unbranched alkanes of at least 4 members (excludes halogenated alkanes) is 1. The van der Waals surface area contributed by atoms with Gasteiger partial charge in [-0.05, 0) is 38.6 Å². The van der Waals surface area contributed by atoms with E-state index >= 15 is 0 Å². The maximum absolute atomic E-state index is 10.6. The molecule has 0 spiro atoms. The van der Waals surface area contributed by atoms with E-state index in [0.717, 1.165) is 6.42 Å². The molecule has 0 aromatic carbocycles. The third kappa shape index (κ3) is 17.8. The molecule has 0 saturated carbocycles. The Labute approximate surface area is 146 Å². The van der Waals surface area contributed by atoms with E-state index in [9.17, 15) is 14.4 Å². The highest BCUT2D eigenvalue weighted by molar-refractivity contribution is 5.82. The van der Waals surface area contributed by atoms with Crippen LogP contribution in [-0.2, 0) is 14.4 Å². The molecule has 0 heterocycles. The number of carboxylic acids is 2. The van der Waals surface area contributed by atoms with Crippen LogP contribution in [0.1, 0.15) is 39.0 Å². The lowest BCUT2D eigenvalue weighted by atomic mass is 10.1. The van der Waals surface area contributed by atoms with Crippen molar-refractivity contribution in [3.05, 3.63) is 0 Å². The second kappa shape index (κ2) is 15.1. The number of amides is 1. The van der Waals surface area contributed by atoms with Gasteiger partial charge in [-0.25, -0.2) is 4.79 Å². The van der Waals surface area contributed by atoms with Crippen molar-refractivity contribution in [3.8, 4) is 0 Å². The Morgan fingerprint density at radius 1 is 1.04 bits per heavy atom. The molecule has 11 heteroatoms. The number of nitrogens with one attached hydrogen (secondary N) is 1. The number of rotatable bonds is 11. The third-order valence-electron chi connectivity index (χ3n) is 2.91. The molecule has 1 amide bonds. The highest BCUT2D eigenvalue weighted by atomic mass is 16.4. The summed E-state index contributed by atoms with van der Waals surface area (Å²) in [6, 6.07) is -1.59. The molecule has 146 valence electrons. The molecule has 0 saturated heterocycles. The minimum Gasteiger partial charge on any atom is -0.480 e. The molecule has 0 rings (SSSR count). The van der Waals surface area contributed by atoms with Crippen molar-refractivity contribution in [3.63, 3.8) is 0 Å². The van der Waals surface area contributed by atoms with E-state index < -0.39 is 24.0 Å². The average molecular weight is 362 g/mol. The lowest BCUT2D eigenvalue weighted by Crippen LogP contribution is -2.39. The summed E-state index contributed by atoms with van der Waals surface area (Å²) in [5.74, 6) is -2.30. The number of carbonyl (C=O) groups excluding carboxylic acids is 1. The summed E-state index contributed by atoms with van der Waals surface area (Å²) in [7, 11) is 0. The van der Waals surface area contributed by atoms with Crippen LogP contribution in [0.3, 0.4) is 0 Å². The fraction of sp³-hybridized carbons (Fsp3) is 0.714. The van der Waals surface area contributed by atoms with Gasteiger partial charge < -0.3 is 38.5 Å². The van der Waals surface area contributed by atoms with E-state index in [1.165, 1.54) is 6.92 Å². The minimum absolute atomic E-state index is 0.0129. The Morgan fingerprint density at radius 3 is 2.04 bits per heavy atom. The van der Waals surface area contributed by atoms with E-state index in [1.54, 1.807) is 0 Å². The first-order valence-corrected chi connectivity index (χ1v) is 7.85. The lowest BCUT2D eigenvalue weighted by molar-refractivity contribution is -0.141. The second-order valence-corrected chi connectivity index (χ2v) is 5.27. The summed E-state index contributed by atoms with van der Waals surface area (Å²) in [5, 5.41) is 19.4. The first kappa shape index (κ1) is 24.8. The van der Waals surface area contributed by atoms with Crippen molar-refractivity contribution in [2.24, 2.45) is 27.9 Å². The third-order valence-corrected chi connectivity index (χ3v) is 2.91. The molecule has 0 aliphatic rings. The molecule has 25 heavy (non-hydrogen) atoms.